The summed E-state index contributed by atoms with van der Waals surface area (Å²) in [7, 11) is 1.08. The Labute approximate surface area is 188 Å². The summed E-state index contributed by atoms with van der Waals surface area (Å²) in [5, 5.41) is 6.17. The Bertz CT molecular complexity index is 998. The molecular formula is C21H26F3N7O2. The van der Waals surface area contributed by atoms with Gasteiger partial charge < -0.3 is 27.0 Å². The Morgan fingerprint density at radius 1 is 1.18 bits per heavy atom. The van der Waals surface area contributed by atoms with Crippen molar-refractivity contribution in [3.05, 3.63) is 41.7 Å². The predicted octanol–water partition coefficient (Wildman–Crippen LogP) is 2.64. The number of carbonyl (C=O) groups excluding carboxylic acids is 2. The van der Waals surface area contributed by atoms with Crippen LogP contribution in [0.5, 0.6) is 0 Å². The average molecular weight is 465 g/mol. The van der Waals surface area contributed by atoms with Gasteiger partial charge >= 0.3 is 6.18 Å². The molecule has 2 aromatic rings. The number of nitrogens with two attached hydrogens (primary N) is 2. The minimum Gasteiger partial charge on any atom is -0.364 e. The van der Waals surface area contributed by atoms with Crippen molar-refractivity contribution in [2.24, 2.45) is 11.5 Å². The number of aromatic nitrogens is 2. The molecule has 1 heterocycles. The number of halogens is 3. The average Bonchev–Trinajstić information content (AvgIpc) is 2.74. The van der Waals surface area contributed by atoms with Gasteiger partial charge in [0.05, 0.1) is 6.20 Å². The van der Waals surface area contributed by atoms with Crippen molar-refractivity contribution in [3.8, 4) is 0 Å². The fourth-order valence-electron chi connectivity index (χ4n) is 3.65. The molecule has 12 heteroatoms. The van der Waals surface area contributed by atoms with Crippen molar-refractivity contribution in [3.63, 3.8) is 0 Å². The maximum absolute atomic E-state index is 12.5. The molecular weight excluding hydrogens is 439 g/mol. The number of hydrogen-bond acceptors (Lipinski definition) is 7. The van der Waals surface area contributed by atoms with E-state index in [1.54, 1.807) is 0 Å². The minimum atomic E-state index is -4.49. The molecule has 1 aromatic heterocycles. The number of benzene rings is 1. The zero-order valence-electron chi connectivity index (χ0n) is 18.0. The largest absolute Gasteiger partial charge is 0.406 e. The summed E-state index contributed by atoms with van der Waals surface area (Å²) in [4.78, 5) is 33.1. The Kier molecular flexibility index (Phi) is 7.36. The van der Waals surface area contributed by atoms with E-state index < -0.39 is 24.5 Å². The number of carbonyl (C=O) groups is 2. The van der Waals surface area contributed by atoms with Crippen LogP contribution in [0.2, 0.25) is 0 Å². The first-order valence-corrected chi connectivity index (χ1v) is 10.4. The van der Waals surface area contributed by atoms with Gasteiger partial charge in [0.25, 0.3) is 11.8 Å². The second-order valence-corrected chi connectivity index (χ2v) is 7.99. The van der Waals surface area contributed by atoms with Crippen LogP contribution in [-0.2, 0) is 0 Å². The van der Waals surface area contributed by atoms with Gasteiger partial charge in [0.1, 0.15) is 12.4 Å². The smallest absolute Gasteiger partial charge is 0.364 e. The van der Waals surface area contributed by atoms with Gasteiger partial charge in [-0.25, -0.2) is 9.97 Å². The van der Waals surface area contributed by atoms with Crippen molar-refractivity contribution < 1.29 is 22.8 Å². The third kappa shape index (κ3) is 6.54. The van der Waals surface area contributed by atoms with Gasteiger partial charge in [-0.2, -0.15) is 13.2 Å². The molecule has 0 bridgehead atoms. The van der Waals surface area contributed by atoms with Crippen LogP contribution in [-0.4, -0.2) is 58.5 Å². The molecule has 0 radical (unpaired) electrons. The molecule has 1 aliphatic rings. The molecule has 0 saturated heterocycles. The molecule has 1 saturated carbocycles. The van der Waals surface area contributed by atoms with Gasteiger partial charge in [-0.15, -0.1) is 0 Å². The number of nitrogens with zero attached hydrogens (tertiary/aromatic N) is 3. The lowest BCUT2D eigenvalue weighted by Crippen LogP contribution is -2.42. The summed E-state index contributed by atoms with van der Waals surface area (Å²) in [5.41, 5.74) is 12.0. The van der Waals surface area contributed by atoms with Gasteiger partial charge in [0, 0.05) is 30.4 Å². The van der Waals surface area contributed by atoms with E-state index in [0.29, 0.717) is 16.4 Å². The summed E-state index contributed by atoms with van der Waals surface area (Å²) >= 11 is 0. The van der Waals surface area contributed by atoms with Crippen LogP contribution in [0.15, 0.2) is 30.5 Å². The van der Waals surface area contributed by atoms with Gasteiger partial charge in [-0.1, -0.05) is 12.8 Å². The van der Waals surface area contributed by atoms with Gasteiger partial charge in [-0.05, 0) is 37.1 Å². The molecule has 1 aromatic carbocycles. The highest BCUT2D eigenvalue weighted by Gasteiger charge is 2.31. The van der Waals surface area contributed by atoms with E-state index in [4.69, 9.17) is 11.5 Å². The molecule has 2 atom stereocenters. The lowest BCUT2D eigenvalue weighted by molar-refractivity contribution is -0.138. The summed E-state index contributed by atoms with van der Waals surface area (Å²) in [5.74, 6) is -1.03. The van der Waals surface area contributed by atoms with Crippen LogP contribution in [0.1, 0.15) is 46.5 Å². The molecule has 9 nitrogen and oxygen atoms in total. The molecule has 178 valence electrons. The van der Waals surface area contributed by atoms with E-state index in [1.165, 1.54) is 30.5 Å². The summed E-state index contributed by atoms with van der Waals surface area (Å²) in [6.45, 7) is -1.35. The quantitative estimate of drug-likeness (QED) is 0.493. The highest BCUT2D eigenvalue weighted by molar-refractivity contribution is 5.97. The van der Waals surface area contributed by atoms with Crippen LogP contribution >= 0.6 is 0 Å². The van der Waals surface area contributed by atoms with Crippen LogP contribution in [0.25, 0.3) is 0 Å². The molecule has 6 N–H and O–H groups in total. The summed E-state index contributed by atoms with van der Waals surface area (Å²) in [6.07, 6.45) is 0.830. The highest BCUT2D eigenvalue weighted by atomic mass is 19.4. The zero-order chi connectivity index (χ0) is 24.2. The maximum atomic E-state index is 12.5. The second-order valence-electron chi connectivity index (χ2n) is 7.99. The Hall–Kier alpha value is -3.41. The van der Waals surface area contributed by atoms with Crippen molar-refractivity contribution >= 4 is 29.1 Å². The maximum Gasteiger partial charge on any atom is 0.406 e. The number of hydrogen-bond donors (Lipinski definition) is 4. The van der Waals surface area contributed by atoms with Crippen LogP contribution in [0.4, 0.5) is 30.5 Å². The Balaban J connectivity index is 1.76. The minimum absolute atomic E-state index is 0.0201. The first kappa shape index (κ1) is 24.2. The topological polar surface area (TPSA) is 139 Å². The first-order valence-electron chi connectivity index (χ1n) is 10.4. The number of alkyl halides is 3. The van der Waals surface area contributed by atoms with Gasteiger partial charge in [0.15, 0.2) is 11.5 Å². The molecule has 3 rings (SSSR count). The molecule has 0 aliphatic heterocycles. The second kappa shape index (κ2) is 10.0. The molecule has 33 heavy (non-hydrogen) atoms. The van der Waals surface area contributed by atoms with Crippen molar-refractivity contribution in [2.75, 3.05) is 24.2 Å². The van der Waals surface area contributed by atoms with Gasteiger partial charge in [0.2, 0.25) is 0 Å². The number of anilines is 3. The predicted molar refractivity (Wildman–Crippen MR) is 117 cm³/mol. The molecule has 0 unspecified atom stereocenters. The lowest BCUT2D eigenvalue weighted by atomic mass is 9.91. The normalized spacial score (nSPS) is 18.5. The summed E-state index contributed by atoms with van der Waals surface area (Å²) < 4.78 is 37.6. The van der Waals surface area contributed by atoms with E-state index >= 15 is 0 Å². The number of nitrogens with one attached hydrogen (secondary N) is 2. The Morgan fingerprint density at radius 3 is 2.45 bits per heavy atom. The van der Waals surface area contributed by atoms with E-state index in [0.717, 1.165) is 32.7 Å². The number of rotatable bonds is 7. The monoisotopic (exact) mass is 465 g/mol. The van der Waals surface area contributed by atoms with Crippen LogP contribution in [0.3, 0.4) is 0 Å². The summed E-state index contributed by atoms with van der Waals surface area (Å²) in [6, 6.07) is 5.72. The molecule has 2 amide bonds. The standard InChI is InChI=1S/C21H26F3N7O2/c1-31(11-21(22,23)24)20(33)12-6-8-13(9-7-12)28-19-17(18(26)32)27-10-16(30-19)29-15-5-3-2-4-14(15)25/h6-10,14-15H,2-5,11,25H2,1H3,(H2,26,32)(H2,28,29,30)/t14-,15+/m0/s1. The highest BCUT2D eigenvalue weighted by Crippen LogP contribution is 2.24. The third-order valence-corrected chi connectivity index (χ3v) is 5.32. The zero-order valence-corrected chi connectivity index (χ0v) is 18.0. The van der Waals surface area contributed by atoms with Crippen molar-refractivity contribution in [1.82, 2.24) is 14.9 Å². The fourth-order valence-corrected chi connectivity index (χ4v) is 3.65. The molecule has 0 spiro atoms. The van der Waals surface area contributed by atoms with Crippen molar-refractivity contribution in [1.29, 1.82) is 0 Å². The van der Waals surface area contributed by atoms with Gasteiger partial charge in [-0.3, -0.25) is 9.59 Å². The van der Waals surface area contributed by atoms with Crippen LogP contribution < -0.4 is 22.1 Å². The van der Waals surface area contributed by atoms with E-state index in [-0.39, 0.29) is 29.2 Å². The number of primary amides is 1. The lowest BCUT2D eigenvalue weighted by Gasteiger charge is -2.29. The van der Waals surface area contributed by atoms with E-state index in [1.807, 2.05) is 0 Å². The fraction of sp³-hybridized carbons (Fsp3) is 0.429. The first-order chi connectivity index (χ1) is 15.5. The molecule has 1 aliphatic carbocycles. The SMILES string of the molecule is CN(CC(F)(F)F)C(=O)c1ccc(Nc2nc(N[C@@H]3CCCC[C@@H]3N)cnc2C(N)=O)cc1. The van der Waals surface area contributed by atoms with Crippen LogP contribution in [0, 0.1) is 0 Å². The van der Waals surface area contributed by atoms with Crippen molar-refractivity contribution in [2.45, 2.75) is 43.9 Å². The van der Waals surface area contributed by atoms with E-state index in [9.17, 15) is 22.8 Å². The number of amides is 2. The molecule has 1 fully saturated rings. The Morgan fingerprint density at radius 2 is 1.85 bits per heavy atom. The third-order valence-electron chi connectivity index (χ3n) is 5.32. The van der Waals surface area contributed by atoms with E-state index in [2.05, 4.69) is 20.6 Å².